The molecule has 2 rings (SSSR count). The molecule has 1 aromatic carbocycles. The molecule has 0 atom stereocenters. The van der Waals surface area contributed by atoms with Crippen molar-refractivity contribution in [1.29, 1.82) is 0 Å². The third kappa shape index (κ3) is 3.06. The van der Waals surface area contributed by atoms with Crippen molar-refractivity contribution in [1.82, 2.24) is 9.97 Å². The number of benzene rings is 1. The Morgan fingerprint density at radius 3 is 2.50 bits per heavy atom. The Morgan fingerprint density at radius 1 is 1.11 bits per heavy atom. The summed E-state index contributed by atoms with van der Waals surface area (Å²) in [6, 6.07) is 12.4. The van der Waals surface area contributed by atoms with Gasteiger partial charge in [0.1, 0.15) is 11.6 Å². The minimum atomic E-state index is 0.0696. The lowest BCUT2D eigenvalue weighted by Crippen LogP contribution is -2.27. The van der Waals surface area contributed by atoms with Crippen molar-refractivity contribution in [3.8, 4) is 0 Å². The molecule has 94 valence electrons. The standard InChI is InChI=1S/C15H19N3/c1-12-16-10-9-14(18-12)17-11-15(2,3)13-7-5-4-6-8-13/h4-10H,11H2,1-3H3,(H,16,17,18). The molecule has 1 N–H and O–H groups in total. The monoisotopic (exact) mass is 241 g/mol. The second kappa shape index (κ2) is 5.17. The van der Waals surface area contributed by atoms with Gasteiger partial charge in [-0.1, -0.05) is 44.2 Å². The van der Waals surface area contributed by atoms with E-state index in [1.807, 2.05) is 19.1 Å². The SMILES string of the molecule is Cc1nccc(NCC(C)(C)c2ccccc2)n1. The van der Waals surface area contributed by atoms with Crippen LogP contribution in [0.2, 0.25) is 0 Å². The molecule has 3 nitrogen and oxygen atoms in total. The Hall–Kier alpha value is -1.90. The molecular weight excluding hydrogens is 222 g/mol. The number of aromatic nitrogens is 2. The fourth-order valence-corrected chi connectivity index (χ4v) is 1.86. The molecule has 0 fully saturated rings. The molecule has 0 spiro atoms. The van der Waals surface area contributed by atoms with Crippen LogP contribution in [-0.4, -0.2) is 16.5 Å². The molecule has 0 aliphatic heterocycles. The summed E-state index contributed by atoms with van der Waals surface area (Å²) in [5.41, 5.74) is 1.39. The average molecular weight is 241 g/mol. The molecule has 0 bridgehead atoms. The third-order valence-electron chi connectivity index (χ3n) is 3.04. The summed E-state index contributed by atoms with van der Waals surface area (Å²) in [5, 5.41) is 3.37. The van der Waals surface area contributed by atoms with E-state index >= 15 is 0 Å². The van der Waals surface area contributed by atoms with E-state index in [0.29, 0.717) is 0 Å². The van der Waals surface area contributed by atoms with Crippen LogP contribution in [0.5, 0.6) is 0 Å². The summed E-state index contributed by atoms with van der Waals surface area (Å²) < 4.78 is 0. The largest absolute Gasteiger partial charge is 0.369 e. The highest BCUT2D eigenvalue weighted by atomic mass is 15.0. The van der Waals surface area contributed by atoms with Crippen LogP contribution in [-0.2, 0) is 5.41 Å². The normalized spacial score (nSPS) is 11.3. The Bertz CT molecular complexity index is 506. The third-order valence-corrected chi connectivity index (χ3v) is 3.04. The number of nitrogens with zero attached hydrogens (tertiary/aromatic N) is 2. The Balaban J connectivity index is 2.05. The van der Waals surface area contributed by atoms with Crippen LogP contribution in [0.1, 0.15) is 25.2 Å². The number of hydrogen-bond donors (Lipinski definition) is 1. The molecule has 1 aromatic heterocycles. The van der Waals surface area contributed by atoms with E-state index in [0.717, 1.165) is 18.2 Å². The van der Waals surface area contributed by atoms with E-state index in [1.165, 1.54) is 5.56 Å². The quantitative estimate of drug-likeness (QED) is 0.893. The van der Waals surface area contributed by atoms with Crippen molar-refractivity contribution in [2.75, 3.05) is 11.9 Å². The van der Waals surface area contributed by atoms with Crippen LogP contribution in [0.3, 0.4) is 0 Å². The van der Waals surface area contributed by atoms with E-state index < -0.39 is 0 Å². The van der Waals surface area contributed by atoms with E-state index in [9.17, 15) is 0 Å². The van der Waals surface area contributed by atoms with Gasteiger partial charge in [0, 0.05) is 18.2 Å². The average Bonchev–Trinajstić information content (AvgIpc) is 2.38. The van der Waals surface area contributed by atoms with Crippen molar-refractivity contribution < 1.29 is 0 Å². The summed E-state index contributed by atoms with van der Waals surface area (Å²) in [5.74, 6) is 1.67. The Morgan fingerprint density at radius 2 is 1.83 bits per heavy atom. The smallest absolute Gasteiger partial charge is 0.129 e. The van der Waals surface area contributed by atoms with E-state index in [4.69, 9.17) is 0 Å². The lowest BCUT2D eigenvalue weighted by atomic mass is 9.85. The van der Waals surface area contributed by atoms with Crippen LogP contribution in [0.25, 0.3) is 0 Å². The Labute approximate surface area is 108 Å². The highest BCUT2D eigenvalue weighted by Gasteiger charge is 2.19. The molecule has 18 heavy (non-hydrogen) atoms. The number of anilines is 1. The van der Waals surface area contributed by atoms with Gasteiger partial charge < -0.3 is 5.32 Å². The topological polar surface area (TPSA) is 37.8 Å². The summed E-state index contributed by atoms with van der Waals surface area (Å²) in [6.45, 7) is 7.19. The fourth-order valence-electron chi connectivity index (χ4n) is 1.86. The van der Waals surface area contributed by atoms with Crippen LogP contribution in [0.4, 0.5) is 5.82 Å². The van der Waals surface area contributed by atoms with Gasteiger partial charge in [-0.25, -0.2) is 9.97 Å². The maximum absolute atomic E-state index is 4.35. The summed E-state index contributed by atoms with van der Waals surface area (Å²) in [7, 11) is 0. The van der Waals surface area contributed by atoms with Crippen molar-refractivity contribution >= 4 is 5.82 Å². The molecule has 0 saturated carbocycles. The number of rotatable bonds is 4. The molecule has 0 unspecified atom stereocenters. The highest BCUT2D eigenvalue weighted by molar-refractivity contribution is 5.35. The summed E-state index contributed by atoms with van der Waals surface area (Å²) in [6.07, 6.45) is 1.78. The first-order valence-electron chi connectivity index (χ1n) is 6.17. The molecule has 3 heteroatoms. The number of hydrogen-bond acceptors (Lipinski definition) is 3. The molecule has 1 heterocycles. The molecule has 0 saturated heterocycles. The zero-order valence-corrected chi connectivity index (χ0v) is 11.1. The lowest BCUT2D eigenvalue weighted by molar-refractivity contribution is 0.556. The number of nitrogens with one attached hydrogen (secondary N) is 1. The van der Waals surface area contributed by atoms with Gasteiger partial charge in [-0.05, 0) is 18.6 Å². The fraction of sp³-hybridized carbons (Fsp3) is 0.333. The lowest BCUT2D eigenvalue weighted by Gasteiger charge is -2.25. The van der Waals surface area contributed by atoms with Gasteiger partial charge in [-0.2, -0.15) is 0 Å². The molecule has 0 aliphatic carbocycles. The highest BCUT2D eigenvalue weighted by Crippen LogP contribution is 2.23. The summed E-state index contributed by atoms with van der Waals surface area (Å²) in [4.78, 5) is 8.44. The first-order chi connectivity index (χ1) is 8.58. The van der Waals surface area contributed by atoms with Gasteiger partial charge in [0.25, 0.3) is 0 Å². The van der Waals surface area contributed by atoms with Crippen LogP contribution >= 0.6 is 0 Å². The van der Waals surface area contributed by atoms with Gasteiger partial charge in [0.15, 0.2) is 0 Å². The first kappa shape index (κ1) is 12.6. The molecule has 0 radical (unpaired) electrons. The van der Waals surface area contributed by atoms with Crippen molar-refractivity contribution in [3.63, 3.8) is 0 Å². The van der Waals surface area contributed by atoms with Gasteiger partial charge >= 0.3 is 0 Å². The molecule has 0 amide bonds. The van der Waals surface area contributed by atoms with E-state index in [1.54, 1.807) is 6.20 Å². The van der Waals surface area contributed by atoms with Gasteiger partial charge in [0.05, 0.1) is 0 Å². The minimum absolute atomic E-state index is 0.0696. The van der Waals surface area contributed by atoms with Crippen LogP contribution in [0, 0.1) is 6.92 Å². The van der Waals surface area contributed by atoms with Crippen LogP contribution < -0.4 is 5.32 Å². The predicted molar refractivity (Wildman–Crippen MR) is 74.7 cm³/mol. The molecule has 2 aromatic rings. The first-order valence-corrected chi connectivity index (χ1v) is 6.17. The van der Waals surface area contributed by atoms with Gasteiger partial charge in [0.2, 0.25) is 0 Å². The second-order valence-electron chi connectivity index (χ2n) is 5.09. The maximum atomic E-state index is 4.35. The number of aryl methyl sites for hydroxylation is 1. The second-order valence-corrected chi connectivity index (χ2v) is 5.09. The van der Waals surface area contributed by atoms with Crippen molar-refractivity contribution in [2.45, 2.75) is 26.2 Å². The van der Waals surface area contributed by atoms with Crippen LogP contribution in [0.15, 0.2) is 42.6 Å². The summed E-state index contributed by atoms with van der Waals surface area (Å²) >= 11 is 0. The van der Waals surface area contributed by atoms with Crippen molar-refractivity contribution in [3.05, 3.63) is 54.0 Å². The molecule has 0 aliphatic rings. The van der Waals surface area contributed by atoms with Gasteiger partial charge in [-0.15, -0.1) is 0 Å². The molecular formula is C15H19N3. The zero-order valence-electron chi connectivity index (χ0n) is 11.1. The predicted octanol–water partition coefficient (Wildman–Crippen LogP) is 3.17. The Kier molecular flexibility index (Phi) is 3.60. The van der Waals surface area contributed by atoms with Crippen molar-refractivity contribution in [2.24, 2.45) is 0 Å². The minimum Gasteiger partial charge on any atom is -0.369 e. The van der Waals surface area contributed by atoms with E-state index in [2.05, 4.69) is 53.4 Å². The van der Waals surface area contributed by atoms with Gasteiger partial charge in [-0.3, -0.25) is 0 Å². The maximum Gasteiger partial charge on any atom is 0.129 e. The zero-order chi connectivity index (χ0) is 13.0. The van der Waals surface area contributed by atoms with E-state index in [-0.39, 0.29) is 5.41 Å².